The molecular formula is C19H22FN5OS. The number of benzene rings is 1. The van der Waals surface area contributed by atoms with E-state index >= 15 is 0 Å². The van der Waals surface area contributed by atoms with Crippen molar-refractivity contribution < 1.29 is 8.81 Å². The lowest BCUT2D eigenvalue weighted by Gasteiger charge is -2.33. The van der Waals surface area contributed by atoms with Gasteiger partial charge in [0.1, 0.15) is 16.6 Å². The van der Waals surface area contributed by atoms with Gasteiger partial charge in [-0.3, -0.25) is 4.90 Å². The standard InChI is InChI=1S/C19H22FN5OS/c1-13-14(2)26-17(21-13)12-24-7-9-25(10-8-24)19-23-22-18(27-19)11-15-3-5-16(20)6-4-15/h3-6H,7-12H2,1-2H3. The molecule has 0 radical (unpaired) electrons. The smallest absolute Gasteiger partial charge is 0.208 e. The van der Waals surface area contributed by atoms with Crippen LogP contribution in [0.25, 0.3) is 0 Å². The Hall–Kier alpha value is -2.32. The van der Waals surface area contributed by atoms with Gasteiger partial charge in [-0.05, 0) is 31.5 Å². The Kier molecular flexibility index (Phi) is 5.18. The molecule has 3 heterocycles. The van der Waals surface area contributed by atoms with E-state index in [0.29, 0.717) is 6.42 Å². The Bertz CT molecular complexity index is 880. The number of hydrogen-bond acceptors (Lipinski definition) is 7. The number of hydrogen-bond donors (Lipinski definition) is 0. The summed E-state index contributed by atoms with van der Waals surface area (Å²) in [7, 11) is 0. The molecule has 142 valence electrons. The van der Waals surface area contributed by atoms with Crippen molar-refractivity contribution in [1.29, 1.82) is 0 Å². The fourth-order valence-corrected chi connectivity index (χ4v) is 4.04. The van der Waals surface area contributed by atoms with Crippen LogP contribution in [-0.2, 0) is 13.0 Å². The van der Waals surface area contributed by atoms with Crippen LogP contribution in [0, 0.1) is 19.7 Å². The lowest BCUT2D eigenvalue weighted by molar-refractivity contribution is 0.225. The molecule has 0 spiro atoms. The molecule has 0 atom stereocenters. The van der Waals surface area contributed by atoms with E-state index in [4.69, 9.17) is 4.42 Å². The molecule has 0 unspecified atom stereocenters. The highest BCUT2D eigenvalue weighted by atomic mass is 32.1. The molecule has 27 heavy (non-hydrogen) atoms. The SMILES string of the molecule is Cc1nc(CN2CCN(c3nnc(Cc4ccc(F)cc4)s3)CC2)oc1C. The van der Waals surface area contributed by atoms with Crippen LogP contribution in [-0.4, -0.2) is 46.3 Å². The summed E-state index contributed by atoms with van der Waals surface area (Å²) in [4.78, 5) is 9.09. The summed E-state index contributed by atoms with van der Waals surface area (Å²) in [5.41, 5.74) is 2.01. The minimum Gasteiger partial charge on any atom is -0.444 e. The molecule has 1 aromatic carbocycles. The van der Waals surface area contributed by atoms with Crippen LogP contribution in [0.15, 0.2) is 28.7 Å². The van der Waals surface area contributed by atoms with E-state index in [1.807, 2.05) is 13.8 Å². The van der Waals surface area contributed by atoms with E-state index in [0.717, 1.165) is 65.8 Å². The molecule has 0 N–H and O–H groups in total. The van der Waals surface area contributed by atoms with Crippen molar-refractivity contribution >= 4 is 16.5 Å². The van der Waals surface area contributed by atoms with Crippen LogP contribution in [0.2, 0.25) is 0 Å². The molecule has 3 aromatic rings. The van der Waals surface area contributed by atoms with Crippen molar-refractivity contribution in [3.63, 3.8) is 0 Å². The monoisotopic (exact) mass is 387 g/mol. The Labute approximate surface area is 161 Å². The number of halogens is 1. The average Bonchev–Trinajstić information content (AvgIpc) is 3.24. The third-order valence-corrected chi connectivity index (χ3v) is 5.78. The van der Waals surface area contributed by atoms with Gasteiger partial charge in [0.2, 0.25) is 11.0 Å². The molecule has 1 saturated heterocycles. The first-order chi connectivity index (χ1) is 13.1. The second-order valence-electron chi connectivity index (χ2n) is 6.79. The van der Waals surface area contributed by atoms with Crippen LogP contribution in [0.4, 0.5) is 9.52 Å². The third kappa shape index (κ3) is 4.33. The van der Waals surface area contributed by atoms with Gasteiger partial charge in [-0.25, -0.2) is 9.37 Å². The zero-order valence-electron chi connectivity index (χ0n) is 15.5. The molecular weight excluding hydrogens is 365 g/mol. The fourth-order valence-electron chi connectivity index (χ4n) is 3.12. The van der Waals surface area contributed by atoms with Crippen molar-refractivity contribution in [2.24, 2.45) is 0 Å². The molecule has 0 bridgehead atoms. The Morgan fingerprint density at radius 1 is 1.07 bits per heavy atom. The van der Waals surface area contributed by atoms with Gasteiger partial charge < -0.3 is 9.32 Å². The van der Waals surface area contributed by atoms with Crippen molar-refractivity contribution in [2.75, 3.05) is 31.1 Å². The highest BCUT2D eigenvalue weighted by Crippen LogP contribution is 2.24. The lowest BCUT2D eigenvalue weighted by atomic mass is 10.2. The van der Waals surface area contributed by atoms with Crippen molar-refractivity contribution in [3.05, 3.63) is 58.0 Å². The maximum absolute atomic E-state index is 13.0. The van der Waals surface area contributed by atoms with Gasteiger partial charge in [0.25, 0.3) is 0 Å². The van der Waals surface area contributed by atoms with E-state index in [1.54, 1.807) is 23.5 Å². The maximum Gasteiger partial charge on any atom is 0.208 e. The maximum atomic E-state index is 13.0. The predicted octanol–water partition coefficient (Wildman–Crippen LogP) is 3.20. The van der Waals surface area contributed by atoms with Crippen molar-refractivity contribution in [3.8, 4) is 0 Å². The number of anilines is 1. The van der Waals surface area contributed by atoms with Crippen LogP contribution < -0.4 is 4.90 Å². The zero-order chi connectivity index (χ0) is 18.8. The predicted molar refractivity (Wildman–Crippen MR) is 103 cm³/mol. The lowest BCUT2D eigenvalue weighted by Crippen LogP contribution is -2.46. The van der Waals surface area contributed by atoms with Crippen LogP contribution >= 0.6 is 11.3 Å². The summed E-state index contributed by atoms with van der Waals surface area (Å²) in [6.45, 7) is 8.35. The minimum absolute atomic E-state index is 0.218. The van der Waals surface area contributed by atoms with Crippen LogP contribution in [0.3, 0.4) is 0 Å². The van der Waals surface area contributed by atoms with E-state index in [2.05, 4.69) is 25.0 Å². The molecule has 1 aliphatic heterocycles. The summed E-state index contributed by atoms with van der Waals surface area (Å²) in [6, 6.07) is 6.54. The van der Waals surface area contributed by atoms with Crippen LogP contribution in [0.1, 0.15) is 27.9 Å². The molecule has 0 aliphatic carbocycles. The van der Waals surface area contributed by atoms with Gasteiger partial charge in [0.15, 0.2) is 0 Å². The summed E-state index contributed by atoms with van der Waals surface area (Å²) in [6.07, 6.45) is 0.681. The summed E-state index contributed by atoms with van der Waals surface area (Å²) < 4.78 is 18.7. The second kappa shape index (κ2) is 7.74. The number of piperazine rings is 1. The van der Waals surface area contributed by atoms with Gasteiger partial charge in [0, 0.05) is 32.6 Å². The molecule has 2 aromatic heterocycles. The number of aromatic nitrogens is 3. The first-order valence-corrected chi connectivity index (χ1v) is 9.85. The average molecular weight is 387 g/mol. The topological polar surface area (TPSA) is 58.3 Å². The number of rotatable bonds is 5. The van der Waals surface area contributed by atoms with E-state index in [9.17, 15) is 4.39 Å². The quantitative estimate of drug-likeness (QED) is 0.670. The largest absolute Gasteiger partial charge is 0.444 e. The molecule has 0 saturated carbocycles. The minimum atomic E-state index is -0.218. The molecule has 1 fully saturated rings. The Morgan fingerprint density at radius 3 is 2.48 bits per heavy atom. The first-order valence-electron chi connectivity index (χ1n) is 9.04. The number of nitrogens with zero attached hydrogens (tertiary/aromatic N) is 5. The summed E-state index contributed by atoms with van der Waals surface area (Å²) >= 11 is 1.61. The van der Waals surface area contributed by atoms with Crippen LogP contribution in [0.5, 0.6) is 0 Å². The highest BCUT2D eigenvalue weighted by molar-refractivity contribution is 7.15. The van der Waals surface area contributed by atoms with Gasteiger partial charge in [-0.2, -0.15) is 0 Å². The van der Waals surface area contributed by atoms with Crippen molar-refractivity contribution in [1.82, 2.24) is 20.1 Å². The second-order valence-corrected chi connectivity index (χ2v) is 7.83. The third-order valence-electron chi connectivity index (χ3n) is 4.80. The molecule has 0 amide bonds. The van der Waals surface area contributed by atoms with Gasteiger partial charge in [-0.1, -0.05) is 23.5 Å². The molecule has 4 rings (SSSR count). The first kappa shape index (κ1) is 18.1. The summed E-state index contributed by atoms with van der Waals surface area (Å²) in [5.74, 6) is 1.46. The van der Waals surface area contributed by atoms with E-state index in [-0.39, 0.29) is 5.82 Å². The molecule has 1 aliphatic rings. The number of aryl methyl sites for hydroxylation is 2. The van der Waals surface area contributed by atoms with Gasteiger partial charge >= 0.3 is 0 Å². The highest BCUT2D eigenvalue weighted by Gasteiger charge is 2.21. The van der Waals surface area contributed by atoms with Gasteiger partial charge in [0.05, 0.1) is 12.2 Å². The molecule has 6 nitrogen and oxygen atoms in total. The van der Waals surface area contributed by atoms with Crippen molar-refractivity contribution in [2.45, 2.75) is 26.8 Å². The summed E-state index contributed by atoms with van der Waals surface area (Å²) in [5, 5.41) is 10.6. The normalized spacial score (nSPS) is 15.4. The van der Waals surface area contributed by atoms with Gasteiger partial charge in [-0.15, -0.1) is 10.2 Å². The Morgan fingerprint density at radius 2 is 1.81 bits per heavy atom. The van der Waals surface area contributed by atoms with E-state index in [1.165, 1.54) is 12.1 Å². The molecule has 8 heteroatoms. The fraction of sp³-hybridized carbons (Fsp3) is 0.421. The van der Waals surface area contributed by atoms with E-state index < -0.39 is 0 Å². The zero-order valence-corrected chi connectivity index (χ0v) is 16.3. The number of oxazole rings is 1. The Balaban J connectivity index is 1.32.